The van der Waals surface area contributed by atoms with Crippen LogP contribution in [0.1, 0.15) is 80.7 Å². The molecule has 0 spiro atoms. The molecule has 0 aromatic heterocycles. The van der Waals surface area contributed by atoms with Gasteiger partial charge in [-0.05, 0) is 42.7 Å². The molecule has 0 unspecified atom stereocenters. The molecule has 0 saturated heterocycles. The lowest BCUT2D eigenvalue weighted by molar-refractivity contribution is 0.0458. The second-order valence-electron chi connectivity index (χ2n) is 7.37. The largest absolute Gasteiger partial charge is 0.462 e. The van der Waals surface area contributed by atoms with Crippen LogP contribution in [0.15, 0.2) is 18.2 Å². The summed E-state index contributed by atoms with van der Waals surface area (Å²) in [6.45, 7) is 12.7. The third-order valence-electron chi connectivity index (χ3n) is 3.73. The smallest absolute Gasteiger partial charge is 0.339 e. The summed E-state index contributed by atoms with van der Waals surface area (Å²) in [4.78, 5) is 24.9. The molecule has 1 rings (SSSR count). The van der Waals surface area contributed by atoms with Crippen LogP contribution in [0.2, 0.25) is 0 Å². The number of ether oxygens (including phenoxy) is 2. The summed E-state index contributed by atoms with van der Waals surface area (Å²) in [6.07, 6.45) is 1.81. The molecule has 0 amide bonds. The molecule has 0 aliphatic carbocycles. The fourth-order valence-corrected chi connectivity index (χ4v) is 2.50. The van der Waals surface area contributed by atoms with Crippen molar-refractivity contribution in [1.29, 1.82) is 0 Å². The third-order valence-corrected chi connectivity index (χ3v) is 3.73. The Balaban J connectivity index is 3.11. The summed E-state index contributed by atoms with van der Waals surface area (Å²) < 4.78 is 10.5. The lowest BCUT2D eigenvalue weighted by Gasteiger charge is -2.23. The van der Waals surface area contributed by atoms with Crippen LogP contribution < -0.4 is 0 Å². The molecule has 4 heteroatoms. The van der Waals surface area contributed by atoms with Gasteiger partial charge in [-0.25, -0.2) is 9.59 Å². The molecular weight excluding hydrogens is 304 g/mol. The van der Waals surface area contributed by atoms with Gasteiger partial charge in [-0.1, -0.05) is 46.8 Å². The Hall–Kier alpha value is -1.84. The molecule has 4 nitrogen and oxygen atoms in total. The van der Waals surface area contributed by atoms with Gasteiger partial charge in [-0.3, -0.25) is 0 Å². The van der Waals surface area contributed by atoms with E-state index in [4.69, 9.17) is 9.47 Å². The maximum atomic E-state index is 12.7. The fraction of sp³-hybridized carbons (Fsp3) is 0.600. The Kier molecular flexibility index (Phi) is 7.46. The van der Waals surface area contributed by atoms with Crippen LogP contribution >= 0.6 is 0 Å². The predicted octanol–water partition coefficient (Wildman–Crippen LogP) is 4.75. The first kappa shape index (κ1) is 20.2. The van der Waals surface area contributed by atoms with Gasteiger partial charge >= 0.3 is 11.9 Å². The van der Waals surface area contributed by atoms with Gasteiger partial charge in [0, 0.05) is 0 Å². The molecule has 24 heavy (non-hydrogen) atoms. The zero-order chi connectivity index (χ0) is 18.3. The van der Waals surface area contributed by atoms with Crippen molar-refractivity contribution in [3.8, 4) is 0 Å². The van der Waals surface area contributed by atoms with Gasteiger partial charge in [-0.2, -0.15) is 0 Å². The molecule has 1 aromatic rings. The minimum absolute atomic E-state index is 0.265. The van der Waals surface area contributed by atoms with Crippen molar-refractivity contribution in [2.75, 3.05) is 13.2 Å². The van der Waals surface area contributed by atoms with E-state index in [2.05, 4.69) is 13.8 Å². The van der Waals surface area contributed by atoms with E-state index in [9.17, 15) is 9.59 Å². The normalized spacial score (nSPS) is 11.5. The maximum Gasteiger partial charge on any atom is 0.339 e. The van der Waals surface area contributed by atoms with E-state index in [0.29, 0.717) is 18.1 Å². The molecule has 0 fully saturated rings. The number of esters is 2. The molecule has 0 bridgehead atoms. The Morgan fingerprint density at radius 1 is 1.08 bits per heavy atom. The van der Waals surface area contributed by atoms with E-state index in [1.165, 1.54) is 0 Å². The topological polar surface area (TPSA) is 52.6 Å². The molecule has 0 saturated carbocycles. The van der Waals surface area contributed by atoms with Crippen LogP contribution in [0.3, 0.4) is 0 Å². The average Bonchev–Trinajstić information content (AvgIpc) is 2.49. The number of hydrogen-bond acceptors (Lipinski definition) is 4. The average molecular weight is 334 g/mol. The Bertz CT molecular complexity index is 567. The zero-order valence-electron chi connectivity index (χ0n) is 15.8. The van der Waals surface area contributed by atoms with E-state index in [0.717, 1.165) is 18.4 Å². The van der Waals surface area contributed by atoms with Crippen LogP contribution in [0.4, 0.5) is 0 Å². The molecule has 0 atom stereocenters. The van der Waals surface area contributed by atoms with Crippen LogP contribution in [0.5, 0.6) is 0 Å². The highest BCUT2D eigenvalue weighted by atomic mass is 16.5. The van der Waals surface area contributed by atoms with Crippen molar-refractivity contribution in [2.45, 2.75) is 59.8 Å². The van der Waals surface area contributed by atoms with E-state index in [1.807, 2.05) is 26.8 Å². The zero-order valence-corrected chi connectivity index (χ0v) is 15.8. The third kappa shape index (κ3) is 5.66. The summed E-state index contributed by atoms with van der Waals surface area (Å²) in [6, 6.07) is 5.27. The van der Waals surface area contributed by atoms with Crippen molar-refractivity contribution in [2.24, 2.45) is 5.92 Å². The number of carbonyl (C=O) groups excluding carboxylic acids is 2. The van der Waals surface area contributed by atoms with E-state index >= 15 is 0 Å². The first-order valence-corrected chi connectivity index (χ1v) is 8.66. The van der Waals surface area contributed by atoms with Gasteiger partial charge in [0.2, 0.25) is 0 Å². The summed E-state index contributed by atoms with van der Waals surface area (Å²) in [5.41, 5.74) is 1.11. The Morgan fingerprint density at radius 2 is 1.75 bits per heavy atom. The molecule has 0 radical (unpaired) electrons. The number of hydrogen-bond donors (Lipinski definition) is 0. The van der Waals surface area contributed by atoms with Gasteiger partial charge in [-0.15, -0.1) is 0 Å². The van der Waals surface area contributed by atoms with E-state index < -0.39 is 11.9 Å². The summed E-state index contributed by atoms with van der Waals surface area (Å²) >= 11 is 0. The highest BCUT2D eigenvalue weighted by Crippen LogP contribution is 2.29. The van der Waals surface area contributed by atoms with Crippen molar-refractivity contribution in [3.05, 3.63) is 34.9 Å². The van der Waals surface area contributed by atoms with Crippen LogP contribution in [0.25, 0.3) is 0 Å². The highest BCUT2D eigenvalue weighted by Gasteiger charge is 2.28. The molecular formula is C20H30O4. The Morgan fingerprint density at radius 3 is 2.29 bits per heavy atom. The fourth-order valence-electron chi connectivity index (χ4n) is 2.50. The van der Waals surface area contributed by atoms with Crippen molar-refractivity contribution in [3.63, 3.8) is 0 Å². The van der Waals surface area contributed by atoms with E-state index in [1.54, 1.807) is 19.1 Å². The van der Waals surface area contributed by atoms with Crippen molar-refractivity contribution >= 4 is 11.9 Å². The van der Waals surface area contributed by atoms with Crippen molar-refractivity contribution in [1.82, 2.24) is 0 Å². The van der Waals surface area contributed by atoms with Gasteiger partial charge in [0.25, 0.3) is 0 Å². The van der Waals surface area contributed by atoms with E-state index in [-0.39, 0.29) is 17.6 Å². The minimum atomic E-state index is -0.488. The Labute approximate surface area is 145 Å². The summed E-state index contributed by atoms with van der Waals surface area (Å²) in [5.74, 6) is -0.370. The lowest BCUT2D eigenvalue weighted by Crippen LogP contribution is -2.22. The number of carbonyl (C=O) groups is 2. The predicted molar refractivity (Wildman–Crippen MR) is 95.5 cm³/mol. The van der Waals surface area contributed by atoms with Crippen LogP contribution in [0, 0.1) is 5.92 Å². The SMILES string of the molecule is CCOC(=O)c1cccc(C(C)(C)C)c1C(=O)OCCCC(C)C. The van der Waals surface area contributed by atoms with Crippen molar-refractivity contribution < 1.29 is 19.1 Å². The summed E-state index contributed by atoms with van der Waals surface area (Å²) in [5, 5.41) is 0. The van der Waals surface area contributed by atoms with Crippen LogP contribution in [-0.4, -0.2) is 25.2 Å². The molecule has 0 heterocycles. The van der Waals surface area contributed by atoms with Gasteiger partial charge < -0.3 is 9.47 Å². The quantitative estimate of drug-likeness (QED) is 0.533. The molecule has 0 N–H and O–H groups in total. The van der Waals surface area contributed by atoms with Crippen LogP contribution in [-0.2, 0) is 14.9 Å². The number of rotatable bonds is 7. The number of benzene rings is 1. The second kappa shape index (κ2) is 8.86. The summed E-state index contributed by atoms with van der Waals surface area (Å²) in [7, 11) is 0. The first-order chi connectivity index (χ1) is 11.2. The molecule has 1 aromatic carbocycles. The minimum Gasteiger partial charge on any atom is -0.462 e. The highest BCUT2D eigenvalue weighted by molar-refractivity contribution is 6.04. The van der Waals surface area contributed by atoms with Gasteiger partial charge in [0.15, 0.2) is 0 Å². The maximum absolute atomic E-state index is 12.7. The monoisotopic (exact) mass is 334 g/mol. The van der Waals surface area contributed by atoms with Gasteiger partial charge in [0.05, 0.1) is 24.3 Å². The standard InChI is InChI=1S/C20H30O4/c1-7-23-18(21)15-11-8-12-16(20(4,5)6)17(15)19(22)24-13-9-10-14(2)3/h8,11-12,14H,7,9-10,13H2,1-6H3. The molecule has 134 valence electrons. The second-order valence-corrected chi connectivity index (χ2v) is 7.37. The first-order valence-electron chi connectivity index (χ1n) is 8.66. The molecule has 0 aliphatic rings. The lowest BCUT2D eigenvalue weighted by atomic mass is 9.82. The van der Waals surface area contributed by atoms with Gasteiger partial charge in [0.1, 0.15) is 0 Å². The molecule has 0 aliphatic heterocycles.